The Labute approximate surface area is 144 Å². The van der Waals surface area contributed by atoms with E-state index < -0.39 is 0 Å². The van der Waals surface area contributed by atoms with Gasteiger partial charge in [-0.2, -0.15) is 0 Å². The van der Waals surface area contributed by atoms with Gasteiger partial charge in [-0.1, -0.05) is 72.3 Å². The van der Waals surface area contributed by atoms with Crippen LogP contribution in [0, 0.1) is 5.82 Å². The minimum atomic E-state index is -0.273. The van der Waals surface area contributed by atoms with E-state index in [-0.39, 0.29) is 5.82 Å². The molecule has 3 aromatic carbocycles. The number of fused-ring (bicyclic) bond motifs is 1. The molecular formula is C21H13ClFN. The van der Waals surface area contributed by atoms with Gasteiger partial charge in [0, 0.05) is 16.5 Å². The van der Waals surface area contributed by atoms with Crippen LogP contribution in [0.5, 0.6) is 0 Å². The molecule has 0 saturated carbocycles. The Hall–Kier alpha value is -2.71. The second-order valence-corrected chi connectivity index (χ2v) is 5.92. The number of hydrogen-bond donors (Lipinski definition) is 0. The van der Waals surface area contributed by atoms with Gasteiger partial charge >= 0.3 is 0 Å². The molecule has 0 bridgehead atoms. The zero-order chi connectivity index (χ0) is 16.5. The normalized spacial score (nSPS) is 10.9. The first-order chi connectivity index (χ1) is 11.7. The van der Waals surface area contributed by atoms with E-state index in [9.17, 15) is 4.39 Å². The highest BCUT2D eigenvalue weighted by Gasteiger charge is 2.16. The molecule has 116 valence electrons. The van der Waals surface area contributed by atoms with Gasteiger partial charge < -0.3 is 0 Å². The smallest absolute Gasteiger partial charge is 0.123 e. The molecule has 0 fully saturated rings. The maximum Gasteiger partial charge on any atom is 0.123 e. The molecule has 1 aromatic heterocycles. The van der Waals surface area contributed by atoms with Gasteiger partial charge in [-0.15, -0.1) is 0 Å². The number of rotatable bonds is 2. The molecule has 0 aliphatic rings. The number of benzene rings is 3. The van der Waals surface area contributed by atoms with Gasteiger partial charge in [0.25, 0.3) is 0 Å². The highest BCUT2D eigenvalue weighted by molar-refractivity contribution is 6.38. The molecule has 4 aromatic rings. The lowest BCUT2D eigenvalue weighted by atomic mass is 9.97. The lowest BCUT2D eigenvalue weighted by Gasteiger charge is -2.14. The van der Waals surface area contributed by atoms with E-state index in [0.717, 1.165) is 33.3 Å². The third kappa shape index (κ3) is 2.55. The molecule has 0 saturated heterocycles. The molecule has 24 heavy (non-hydrogen) atoms. The summed E-state index contributed by atoms with van der Waals surface area (Å²) in [5.41, 5.74) is 4.28. The molecule has 4 rings (SSSR count). The second kappa shape index (κ2) is 6.06. The van der Waals surface area contributed by atoms with Gasteiger partial charge in [-0.25, -0.2) is 9.37 Å². The quantitative estimate of drug-likeness (QED) is 0.416. The summed E-state index contributed by atoms with van der Waals surface area (Å²) in [5.74, 6) is -0.273. The van der Waals surface area contributed by atoms with Crippen molar-refractivity contribution in [2.45, 2.75) is 0 Å². The SMILES string of the molecule is Fc1ccc(-c2c(-c3ccccc3)nc3ccccc3c2Cl)cc1. The van der Waals surface area contributed by atoms with E-state index in [1.165, 1.54) is 12.1 Å². The fourth-order valence-corrected chi connectivity index (χ4v) is 3.22. The molecule has 0 spiro atoms. The molecule has 0 amide bonds. The van der Waals surface area contributed by atoms with Gasteiger partial charge in [0.15, 0.2) is 0 Å². The Balaban J connectivity index is 2.09. The summed E-state index contributed by atoms with van der Waals surface area (Å²) in [4.78, 5) is 4.83. The minimum Gasteiger partial charge on any atom is -0.247 e. The number of pyridine rings is 1. The summed E-state index contributed by atoms with van der Waals surface area (Å²) in [6, 6.07) is 24.0. The molecule has 0 aliphatic carbocycles. The van der Waals surface area contributed by atoms with Crippen molar-refractivity contribution in [2.75, 3.05) is 0 Å². The first-order valence-corrected chi connectivity index (χ1v) is 8.01. The van der Waals surface area contributed by atoms with Crippen molar-refractivity contribution in [1.29, 1.82) is 0 Å². The van der Waals surface area contributed by atoms with Gasteiger partial charge in [0.2, 0.25) is 0 Å². The Bertz CT molecular complexity index is 1010. The van der Waals surface area contributed by atoms with Crippen molar-refractivity contribution in [3.05, 3.63) is 89.7 Å². The fraction of sp³-hybridized carbons (Fsp3) is 0. The Morgan fingerprint density at radius 2 is 1.38 bits per heavy atom. The highest BCUT2D eigenvalue weighted by Crippen LogP contribution is 2.40. The molecule has 0 radical (unpaired) electrons. The summed E-state index contributed by atoms with van der Waals surface area (Å²) in [5, 5.41) is 1.52. The van der Waals surface area contributed by atoms with Crippen LogP contribution in [-0.4, -0.2) is 4.98 Å². The Morgan fingerprint density at radius 1 is 0.708 bits per heavy atom. The van der Waals surface area contributed by atoms with Crippen LogP contribution in [0.15, 0.2) is 78.9 Å². The number of para-hydroxylation sites is 1. The van der Waals surface area contributed by atoms with Gasteiger partial charge in [-0.05, 0) is 23.8 Å². The first-order valence-electron chi connectivity index (χ1n) is 7.63. The van der Waals surface area contributed by atoms with Gasteiger partial charge in [0.1, 0.15) is 5.82 Å². The van der Waals surface area contributed by atoms with Crippen LogP contribution in [-0.2, 0) is 0 Å². The van der Waals surface area contributed by atoms with E-state index in [1.807, 2.05) is 54.6 Å². The standard InChI is InChI=1S/C21H13ClFN/c22-20-17-8-4-5-9-18(17)24-21(15-6-2-1-3-7-15)19(20)14-10-12-16(23)13-11-14/h1-13H. The molecule has 0 atom stereocenters. The largest absolute Gasteiger partial charge is 0.247 e. The zero-order valence-corrected chi connectivity index (χ0v) is 13.5. The molecule has 0 N–H and O–H groups in total. The highest BCUT2D eigenvalue weighted by atomic mass is 35.5. The lowest BCUT2D eigenvalue weighted by molar-refractivity contribution is 0.628. The van der Waals surface area contributed by atoms with E-state index in [2.05, 4.69) is 0 Å². The average Bonchev–Trinajstić information content (AvgIpc) is 2.63. The van der Waals surface area contributed by atoms with Crippen molar-refractivity contribution < 1.29 is 4.39 Å². The lowest BCUT2D eigenvalue weighted by Crippen LogP contribution is -1.93. The van der Waals surface area contributed by atoms with E-state index in [0.29, 0.717) is 5.02 Å². The van der Waals surface area contributed by atoms with Crippen LogP contribution in [0.2, 0.25) is 5.02 Å². The maximum absolute atomic E-state index is 13.3. The summed E-state index contributed by atoms with van der Waals surface area (Å²) < 4.78 is 13.3. The van der Waals surface area contributed by atoms with E-state index in [4.69, 9.17) is 16.6 Å². The van der Waals surface area contributed by atoms with Crippen LogP contribution >= 0.6 is 11.6 Å². The number of aromatic nitrogens is 1. The predicted molar refractivity (Wildman–Crippen MR) is 97.6 cm³/mol. The third-order valence-electron chi connectivity index (χ3n) is 4.01. The third-order valence-corrected chi connectivity index (χ3v) is 4.40. The van der Waals surface area contributed by atoms with Crippen LogP contribution in [0.3, 0.4) is 0 Å². The van der Waals surface area contributed by atoms with Gasteiger partial charge in [0.05, 0.1) is 16.2 Å². The molecule has 0 aliphatic heterocycles. The summed E-state index contributed by atoms with van der Waals surface area (Å²) in [6.07, 6.45) is 0. The monoisotopic (exact) mass is 333 g/mol. The van der Waals surface area contributed by atoms with Crippen molar-refractivity contribution in [3.63, 3.8) is 0 Å². The first kappa shape index (κ1) is 14.9. The van der Waals surface area contributed by atoms with Crippen LogP contribution < -0.4 is 0 Å². The Morgan fingerprint density at radius 3 is 2.12 bits per heavy atom. The molecular weight excluding hydrogens is 321 g/mol. The van der Waals surface area contributed by atoms with Crippen LogP contribution in [0.1, 0.15) is 0 Å². The zero-order valence-electron chi connectivity index (χ0n) is 12.7. The molecule has 1 nitrogen and oxygen atoms in total. The van der Waals surface area contributed by atoms with Crippen molar-refractivity contribution >= 4 is 22.5 Å². The number of hydrogen-bond acceptors (Lipinski definition) is 1. The summed E-state index contributed by atoms with van der Waals surface area (Å²) in [7, 11) is 0. The minimum absolute atomic E-state index is 0.273. The summed E-state index contributed by atoms with van der Waals surface area (Å²) >= 11 is 6.74. The van der Waals surface area contributed by atoms with Crippen molar-refractivity contribution in [3.8, 4) is 22.4 Å². The van der Waals surface area contributed by atoms with Crippen molar-refractivity contribution in [1.82, 2.24) is 4.98 Å². The summed E-state index contributed by atoms with van der Waals surface area (Å²) in [6.45, 7) is 0. The molecule has 0 unspecified atom stereocenters. The van der Waals surface area contributed by atoms with Gasteiger partial charge in [-0.3, -0.25) is 0 Å². The predicted octanol–water partition coefficient (Wildman–Crippen LogP) is 6.36. The maximum atomic E-state index is 13.3. The fourth-order valence-electron chi connectivity index (χ4n) is 2.86. The Kier molecular flexibility index (Phi) is 3.75. The topological polar surface area (TPSA) is 12.9 Å². The van der Waals surface area contributed by atoms with Crippen LogP contribution in [0.4, 0.5) is 4.39 Å². The molecule has 1 heterocycles. The average molecular weight is 334 g/mol. The number of nitrogens with zero attached hydrogens (tertiary/aromatic N) is 1. The number of halogens is 2. The van der Waals surface area contributed by atoms with Crippen LogP contribution in [0.25, 0.3) is 33.3 Å². The van der Waals surface area contributed by atoms with E-state index >= 15 is 0 Å². The van der Waals surface area contributed by atoms with Crippen molar-refractivity contribution in [2.24, 2.45) is 0 Å². The second-order valence-electron chi connectivity index (χ2n) is 5.54. The molecule has 3 heteroatoms. The van der Waals surface area contributed by atoms with E-state index in [1.54, 1.807) is 12.1 Å².